The highest BCUT2D eigenvalue weighted by molar-refractivity contribution is 5.94. The molecule has 1 aromatic carbocycles. The minimum atomic E-state index is -0.229. The Kier molecular flexibility index (Phi) is 4.80. The lowest BCUT2D eigenvalue weighted by molar-refractivity contribution is 0.0303. The first-order chi connectivity index (χ1) is 13.2. The van der Waals surface area contributed by atoms with Crippen molar-refractivity contribution in [3.8, 4) is 5.75 Å². The molecule has 3 aromatic rings. The summed E-state index contributed by atoms with van der Waals surface area (Å²) in [5.74, 6) is 0.981. The van der Waals surface area contributed by atoms with Crippen LogP contribution in [-0.4, -0.2) is 52.1 Å². The molecule has 1 saturated heterocycles. The van der Waals surface area contributed by atoms with Gasteiger partial charge < -0.3 is 19.4 Å². The van der Waals surface area contributed by atoms with Gasteiger partial charge in [0.2, 0.25) is 0 Å². The van der Waals surface area contributed by atoms with Crippen LogP contribution in [0, 0.1) is 0 Å². The first kappa shape index (κ1) is 17.2. The molecule has 3 heterocycles. The predicted molar refractivity (Wildman–Crippen MR) is 97.7 cm³/mol. The van der Waals surface area contributed by atoms with Gasteiger partial charge in [-0.15, -0.1) is 0 Å². The molecular weight excluding hydrogens is 348 g/mol. The number of fused-ring (bicyclic) bond motifs is 1. The molecular formula is C19H18N4O4. The molecule has 0 radical (unpaired) electrons. The Morgan fingerprint density at radius 3 is 2.74 bits per heavy atom. The topological polar surface area (TPSA) is 97.4 Å². The van der Waals surface area contributed by atoms with Gasteiger partial charge >= 0.3 is 0 Å². The number of hydrogen-bond acceptors (Lipinski definition) is 6. The standard InChI is InChI=1S/C19H18N4O4/c24-18-15-5-6-20-11-16(15)21-17(22-18)12-27-14-3-1-13(2-4-14)19(25)23-7-9-26-10-8-23/h1-6,11H,7-10,12H2,(H,21,22,24). The van der Waals surface area contributed by atoms with E-state index in [-0.39, 0.29) is 18.1 Å². The van der Waals surface area contributed by atoms with E-state index in [2.05, 4.69) is 15.0 Å². The van der Waals surface area contributed by atoms with Gasteiger partial charge in [0.15, 0.2) is 0 Å². The highest BCUT2D eigenvalue weighted by atomic mass is 16.5. The van der Waals surface area contributed by atoms with Gasteiger partial charge in [-0.1, -0.05) is 0 Å². The summed E-state index contributed by atoms with van der Waals surface area (Å²) in [6.07, 6.45) is 3.09. The molecule has 0 atom stereocenters. The number of carbonyl (C=O) groups is 1. The lowest BCUT2D eigenvalue weighted by Crippen LogP contribution is -2.40. The van der Waals surface area contributed by atoms with Crippen molar-refractivity contribution in [2.24, 2.45) is 0 Å². The van der Waals surface area contributed by atoms with E-state index < -0.39 is 0 Å². The van der Waals surface area contributed by atoms with Gasteiger partial charge in [-0.05, 0) is 30.3 Å². The van der Waals surface area contributed by atoms with E-state index in [1.165, 1.54) is 0 Å². The summed E-state index contributed by atoms with van der Waals surface area (Å²) in [6.45, 7) is 2.45. The summed E-state index contributed by atoms with van der Waals surface area (Å²) in [7, 11) is 0. The first-order valence-electron chi connectivity index (χ1n) is 8.63. The normalized spacial score (nSPS) is 14.3. The third-order valence-corrected chi connectivity index (χ3v) is 4.33. The van der Waals surface area contributed by atoms with Crippen molar-refractivity contribution in [3.63, 3.8) is 0 Å². The van der Waals surface area contributed by atoms with Crippen LogP contribution in [0.2, 0.25) is 0 Å². The molecule has 1 amide bonds. The third-order valence-electron chi connectivity index (χ3n) is 4.33. The van der Waals surface area contributed by atoms with Crippen LogP contribution in [0.1, 0.15) is 16.2 Å². The zero-order valence-electron chi connectivity index (χ0n) is 14.6. The fraction of sp³-hybridized carbons (Fsp3) is 0.263. The van der Waals surface area contributed by atoms with Crippen LogP contribution in [0.15, 0.2) is 47.5 Å². The molecule has 1 fully saturated rings. The van der Waals surface area contributed by atoms with Crippen LogP contribution in [0.5, 0.6) is 5.75 Å². The second kappa shape index (κ2) is 7.55. The van der Waals surface area contributed by atoms with Gasteiger partial charge in [0.1, 0.15) is 18.2 Å². The maximum absolute atomic E-state index is 12.4. The number of morpholine rings is 1. The molecule has 138 valence electrons. The van der Waals surface area contributed by atoms with Crippen molar-refractivity contribution >= 4 is 16.8 Å². The lowest BCUT2D eigenvalue weighted by atomic mass is 10.2. The Bertz CT molecular complexity index is 1010. The molecule has 0 bridgehead atoms. The molecule has 1 aliphatic heterocycles. The van der Waals surface area contributed by atoms with Crippen LogP contribution >= 0.6 is 0 Å². The third kappa shape index (κ3) is 3.80. The van der Waals surface area contributed by atoms with E-state index in [4.69, 9.17) is 9.47 Å². The molecule has 1 N–H and O–H groups in total. The average molecular weight is 366 g/mol. The molecule has 4 rings (SSSR count). The second-order valence-corrected chi connectivity index (χ2v) is 6.12. The van der Waals surface area contributed by atoms with E-state index in [1.807, 2.05) is 0 Å². The quantitative estimate of drug-likeness (QED) is 0.749. The Labute approximate surface area is 154 Å². The molecule has 2 aromatic heterocycles. The van der Waals surface area contributed by atoms with Crippen molar-refractivity contribution < 1.29 is 14.3 Å². The van der Waals surface area contributed by atoms with Crippen molar-refractivity contribution in [1.29, 1.82) is 0 Å². The smallest absolute Gasteiger partial charge is 0.258 e. The van der Waals surface area contributed by atoms with Crippen LogP contribution in [-0.2, 0) is 11.3 Å². The molecule has 1 aliphatic rings. The van der Waals surface area contributed by atoms with Crippen molar-refractivity contribution in [2.75, 3.05) is 26.3 Å². The Morgan fingerprint density at radius 2 is 1.96 bits per heavy atom. The zero-order chi connectivity index (χ0) is 18.6. The maximum Gasteiger partial charge on any atom is 0.258 e. The number of aromatic nitrogens is 3. The number of benzene rings is 1. The molecule has 8 nitrogen and oxygen atoms in total. The van der Waals surface area contributed by atoms with E-state index in [0.29, 0.717) is 54.3 Å². The summed E-state index contributed by atoms with van der Waals surface area (Å²) in [6, 6.07) is 8.54. The van der Waals surface area contributed by atoms with Gasteiger partial charge in [-0.3, -0.25) is 14.6 Å². The average Bonchev–Trinajstić information content (AvgIpc) is 2.73. The Hall–Kier alpha value is -3.26. The van der Waals surface area contributed by atoms with E-state index >= 15 is 0 Å². The lowest BCUT2D eigenvalue weighted by Gasteiger charge is -2.26. The van der Waals surface area contributed by atoms with Crippen molar-refractivity contribution in [3.05, 3.63) is 64.5 Å². The fourth-order valence-electron chi connectivity index (χ4n) is 2.90. The van der Waals surface area contributed by atoms with Gasteiger partial charge in [0.25, 0.3) is 11.5 Å². The maximum atomic E-state index is 12.4. The number of nitrogens with one attached hydrogen (secondary N) is 1. The number of H-pyrrole nitrogens is 1. The van der Waals surface area contributed by atoms with Gasteiger partial charge in [0, 0.05) is 24.8 Å². The van der Waals surface area contributed by atoms with Gasteiger partial charge in [0.05, 0.1) is 30.3 Å². The predicted octanol–water partition coefficient (Wildman–Crippen LogP) is 1.37. The molecule has 0 aliphatic carbocycles. The second-order valence-electron chi connectivity index (χ2n) is 6.12. The number of amides is 1. The SMILES string of the molecule is O=C(c1ccc(OCc2nc3cnccc3c(=O)[nH]2)cc1)N1CCOCC1. The summed E-state index contributed by atoms with van der Waals surface area (Å²) in [5.41, 5.74) is 0.895. The summed E-state index contributed by atoms with van der Waals surface area (Å²) < 4.78 is 10.9. The monoisotopic (exact) mass is 366 g/mol. The summed E-state index contributed by atoms with van der Waals surface area (Å²) in [5, 5.41) is 0.486. The Morgan fingerprint density at radius 1 is 1.19 bits per heavy atom. The molecule has 8 heteroatoms. The van der Waals surface area contributed by atoms with E-state index in [0.717, 1.165) is 0 Å². The highest BCUT2D eigenvalue weighted by Gasteiger charge is 2.18. The highest BCUT2D eigenvalue weighted by Crippen LogP contribution is 2.15. The zero-order valence-corrected chi connectivity index (χ0v) is 14.6. The minimum Gasteiger partial charge on any atom is -0.486 e. The van der Waals surface area contributed by atoms with Crippen LogP contribution in [0.4, 0.5) is 0 Å². The van der Waals surface area contributed by atoms with Gasteiger partial charge in [-0.25, -0.2) is 4.98 Å². The van der Waals surface area contributed by atoms with Crippen molar-refractivity contribution in [1.82, 2.24) is 19.9 Å². The van der Waals surface area contributed by atoms with E-state index in [1.54, 1.807) is 47.6 Å². The minimum absolute atomic E-state index is 0.0159. The number of ether oxygens (including phenoxy) is 2. The van der Waals surface area contributed by atoms with Crippen molar-refractivity contribution in [2.45, 2.75) is 6.61 Å². The fourth-order valence-corrected chi connectivity index (χ4v) is 2.90. The van der Waals surface area contributed by atoms with Crippen LogP contribution < -0.4 is 10.3 Å². The Balaban J connectivity index is 1.43. The van der Waals surface area contributed by atoms with Gasteiger partial charge in [-0.2, -0.15) is 0 Å². The molecule has 0 unspecified atom stereocenters. The molecule has 0 spiro atoms. The number of carbonyl (C=O) groups excluding carboxylic acids is 1. The number of pyridine rings is 1. The molecule has 0 saturated carbocycles. The number of aromatic amines is 1. The van der Waals surface area contributed by atoms with Crippen LogP contribution in [0.25, 0.3) is 10.9 Å². The molecule has 27 heavy (non-hydrogen) atoms. The largest absolute Gasteiger partial charge is 0.486 e. The van der Waals surface area contributed by atoms with E-state index in [9.17, 15) is 9.59 Å². The number of nitrogens with zero attached hydrogens (tertiary/aromatic N) is 3. The number of rotatable bonds is 4. The number of hydrogen-bond donors (Lipinski definition) is 1. The van der Waals surface area contributed by atoms with Crippen LogP contribution in [0.3, 0.4) is 0 Å². The summed E-state index contributed by atoms with van der Waals surface area (Å²) >= 11 is 0. The summed E-state index contributed by atoms with van der Waals surface area (Å²) in [4.78, 5) is 37.3. The first-order valence-corrected chi connectivity index (χ1v) is 8.63.